The number of hydrogen-bond donors (Lipinski definition) is 0. The fourth-order valence-corrected chi connectivity index (χ4v) is 3.42. The molecule has 0 radical (unpaired) electrons. The minimum Gasteiger partial charge on any atom is -0.0654 e. The van der Waals surface area contributed by atoms with E-state index in [0.717, 1.165) is 0 Å². The van der Waals surface area contributed by atoms with Gasteiger partial charge in [-0.25, -0.2) is 0 Å². The Bertz CT molecular complexity index is 204. The van der Waals surface area contributed by atoms with Crippen LogP contribution in [0.4, 0.5) is 0 Å². The summed E-state index contributed by atoms with van der Waals surface area (Å²) in [5, 5.41) is 0. The Labute approximate surface area is 142 Å². The molecule has 0 aliphatic carbocycles. The summed E-state index contributed by atoms with van der Waals surface area (Å²) >= 11 is 0. The molecule has 0 aliphatic rings. The Kier molecular flexibility index (Phi) is 15.9. The van der Waals surface area contributed by atoms with Gasteiger partial charge in [0.05, 0.1) is 0 Å². The number of hydrogen-bond acceptors (Lipinski definition) is 0. The molecule has 0 saturated carbocycles. The van der Waals surface area contributed by atoms with E-state index >= 15 is 0 Å². The fraction of sp³-hybridized carbons (Fsp3) is 1.00. The molecule has 0 saturated heterocycles. The summed E-state index contributed by atoms with van der Waals surface area (Å²) in [6, 6.07) is 0. The molecule has 0 bridgehead atoms. The van der Waals surface area contributed by atoms with Crippen molar-refractivity contribution in [2.75, 3.05) is 0 Å². The standard InChI is InChI=1S/C22H46/c1-5-7-9-10-11-12-13-14-15-16-17-19-21-22(3,4)20-18-8-6-2/h5-21H2,1-4H3. The van der Waals surface area contributed by atoms with E-state index in [1.807, 2.05) is 0 Å². The Morgan fingerprint density at radius 2 is 0.682 bits per heavy atom. The highest BCUT2D eigenvalue weighted by atomic mass is 14.2. The molecule has 0 spiro atoms. The average molecular weight is 311 g/mol. The minimum absolute atomic E-state index is 0.591. The van der Waals surface area contributed by atoms with Crippen LogP contribution in [0.5, 0.6) is 0 Å². The van der Waals surface area contributed by atoms with Gasteiger partial charge in [-0.3, -0.25) is 0 Å². The summed E-state index contributed by atoms with van der Waals surface area (Å²) in [5.74, 6) is 0. The fourth-order valence-electron chi connectivity index (χ4n) is 3.42. The molecule has 0 aromatic carbocycles. The van der Waals surface area contributed by atoms with Crippen molar-refractivity contribution in [3.63, 3.8) is 0 Å². The lowest BCUT2D eigenvalue weighted by Gasteiger charge is -2.24. The average Bonchev–Trinajstić information content (AvgIpc) is 2.48. The van der Waals surface area contributed by atoms with Gasteiger partial charge in [-0.1, -0.05) is 124 Å². The highest BCUT2D eigenvalue weighted by molar-refractivity contribution is 4.68. The third kappa shape index (κ3) is 16.4. The molecule has 0 unspecified atom stereocenters. The van der Waals surface area contributed by atoms with E-state index in [9.17, 15) is 0 Å². The lowest BCUT2D eigenvalue weighted by Crippen LogP contribution is -2.10. The lowest BCUT2D eigenvalue weighted by atomic mass is 9.82. The first-order chi connectivity index (χ1) is 10.6. The molecule has 0 N–H and O–H groups in total. The van der Waals surface area contributed by atoms with Crippen LogP contribution in [0, 0.1) is 5.41 Å². The van der Waals surface area contributed by atoms with Gasteiger partial charge in [0.15, 0.2) is 0 Å². The van der Waals surface area contributed by atoms with Gasteiger partial charge >= 0.3 is 0 Å². The van der Waals surface area contributed by atoms with E-state index in [0.29, 0.717) is 5.41 Å². The first-order valence-corrected chi connectivity index (χ1v) is 10.6. The monoisotopic (exact) mass is 310 g/mol. The van der Waals surface area contributed by atoms with Crippen LogP contribution in [0.3, 0.4) is 0 Å². The van der Waals surface area contributed by atoms with Crippen LogP contribution >= 0.6 is 0 Å². The van der Waals surface area contributed by atoms with Crippen LogP contribution < -0.4 is 0 Å². The Morgan fingerprint density at radius 1 is 0.409 bits per heavy atom. The van der Waals surface area contributed by atoms with E-state index in [1.165, 1.54) is 109 Å². The van der Waals surface area contributed by atoms with Crippen molar-refractivity contribution in [1.29, 1.82) is 0 Å². The molecule has 0 fully saturated rings. The van der Waals surface area contributed by atoms with Gasteiger partial charge in [0.2, 0.25) is 0 Å². The van der Waals surface area contributed by atoms with Gasteiger partial charge in [-0.2, -0.15) is 0 Å². The molecular formula is C22H46. The molecule has 0 aliphatic heterocycles. The van der Waals surface area contributed by atoms with Crippen molar-refractivity contribution in [2.45, 2.75) is 137 Å². The van der Waals surface area contributed by atoms with Crippen molar-refractivity contribution < 1.29 is 0 Å². The van der Waals surface area contributed by atoms with E-state index in [-0.39, 0.29) is 0 Å². The van der Waals surface area contributed by atoms with E-state index in [2.05, 4.69) is 27.7 Å². The van der Waals surface area contributed by atoms with Crippen LogP contribution in [-0.2, 0) is 0 Å². The van der Waals surface area contributed by atoms with Crippen molar-refractivity contribution in [2.24, 2.45) is 5.41 Å². The lowest BCUT2D eigenvalue weighted by molar-refractivity contribution is 0.283. The maximum atomic E-state index is 2.47. The SMILES string of the molecule is CCCCCCCCCCCCCCC(C)(C)CCCCC. The second kappa shape index (κ2) is 15.9. The second-order valence-corrected chi connectivity index (χ2v) is 8.26. The molecule has 22 heavy (non-hydrogen) atoms. The number of unbranched alkanes of at least 4 members (excludes halogenated alkanes) is 13. The van der Waals surface area contributed by atoms with Crippen LogP contribution in [0.15, 0.2) is 0 Å². The van der Waals surface area contributed by atoms with Gasteiger partial charge in [-0.15, -0.1) is 0 Å². The molecular weight excluding hydrogens is 264 g/mol. The van der Waals surface area contributed by atoms with Crippen molar-refractivity contribution >= 4 is 0 Å². The van der Waals surface area contributed by atoms with Crippen molar-refractivity contribution in [3.8, 4) is 0 Å². The van der Waals surface area contributed by atoms with Crippen LogP contribution in [0.1, 0.15) is 137 Å². The van der Waals surface area contributed by atoms with Gasteiger partial charge in [0, 0.05) is 0 Å². The quantitative estimate of drug-likeness (QED) is 0.236. The predicted octanol–water partition coefficient (Wildman–Crippen LogP) is 8.68. The smallest absolute Gasteiger partial charge is 0.0354 e. The van der Waals surface area contributed by atoms with Gasteiger partial charge < -0.3 is 0 Å². The largest absolute Gasteiger partial charge is 0.0654 e. The molecule has 0 aromatic heterocycles. The zero-order valence-corrected chi connectivity index (χ0v) is 16.5. The van der Waals surface area contributed by atoms with Gasteiger partial charge in [0.1, 0.15) is 0 Å². The van der Waals surface area contributed by atoms with Crippen LogP contribution in [-0.4, -0.2) is 0 Å². The molecule has 0 atom stereocenters. The summed E-state index contributed by atoms with van der Waals surface area (Å²) in [5.41, 5.74) is 0.591. The Balaban J connectivity index is 3.22. The third-order valence-corrected chi connectivity index (χ3v) is 5.16. The summed E-state index contributed by atoms with van der Waals surface area (Å²) in [6.45, 7) is 9.55. The molecule has 134 valence electrons. The van der Waals surface area contributed by atoms with E-state index in [1.54, 1.807) is 0 Å². The number of rotatable bonds is 17. The van der Waals surface area contributed by atoms with E-state index in [4.69, 9.17) is 0 Å². The Hall–Kier alpha value is 0. The summed E-state index contributed by atoms with van der Waals surface area (Å²) in [6.07, 6.45) is 24.6. The Morgan fingerprint density at radius 3 is 1.09 bits per heavy atom. The molecule has 0 nitrogen and oxygen atoms in total. The molecule has 0 heteroatoms. The maximum Gasteiger partial charge on any atom is -0.0354 e. The summed E-state index contributed by atoms with van der Waals surface area (Å²) in [4.78, 5) is 0. The zero-order valence-electron chi connectivity index (χ0n) is 16.5. The van der Waals surface area contributed by atoms with Crippen LogP contribution in [0.25, 0.3) is 0 Å². The molecule has 0 amide bonds. The van der Waals surface area contributed by atoms with Gasteiger partial charge in [0.25, 0.3) is 0 Å². The van der Waals surface area contributed by atoms with E-state index < -0.39 is 0 Å². The van der Waals surface area contributed by atoms with Gasteiger partial charge in [-0.05, 0) is 18.3 Å². The highest BCUT2D eigenvalue weighted by Crippen LogP contribution is 2.30. The molecule has 0 aromatic rings. The van der Waals surface area contributed by atoms with Crippen molar-refractivity contribution in [3.05, 3.63) is 0 Å². The summed E-state index contributed by atoms with van der Waals surface area (Å²) in [7, 11) is 0. The molecule has 0 rings (SSSR count). The second-order valence-electron chi connectivity index (χ2n) is 8.26. The predicted molar refractivity (Wildman–Crippen MR) is 104 cm³/mol. The van der Waals surface area contributed by atoms with Crippen molar-refractivity contribution in [1.82, 2.24) is 0 Å². The third-order valence-electron chi connectivity index (χ3n) is 5.16. The topological polar surface area (TPSA) is 0 Å². The first kappa shape index (κ1) is 22.0. The first-order valence-electron chi connectivity index (χ1n) is 10.6. The maximum absolute atomic E-state index is 2.47. The minimum atomic E-state index is 0.591. The molecule has 0 heterocycles. The normalized spacial score (nSPS) is 12.0. The highest BCUT2D eigenvalue weighted by Gasteiger charge is 2.16. The zero-order chi connectivity index (χ0) is 16.5. The van der Waals surface area contributed by atoms with Crippen LogP contribution in [0.2, 0.25) is 0 Å². The summed E-state index contributed by atoms with van der Waals surface area (Å²) < 4.78 is 0.